The molecule has 1 aromatic carbocycles. The number of carbonyl (C=O) groups is 1. The van der Waals surface area contributed by atoms with Crippen molar-refractivity contribution in [1.82, 2.24) is 9.97 Å². The lowest BCUT2D eigenvalue weighted by Crippen LogP contribution is -2.49. The Morgan fingerprint density at radius 3 is 2.65 bits per heavy atom. The van der Waals surface area contributed by atoms with Crippen molar-refractivity contribution in [3.8, 4) is 0 Å². The van der Waals surface area contributed by atoms with E-state index in [9.17, 15) is 9.90 Å². The summed E-state index contributed by atoms with van der Waals surface area (Å²) in [6.07, 6.45) is 4.20. The van der Waals surface area contributed by atoms with Crippen LogP contribution in [0.3, 0.4) is 0 Å². The molecule has 3 aromatic rings. The van der Waals surface area contributed by atoms with E-state index in [-0.39, 0.29) is 6.42 Å². The summed E-state index contributed by atoms with van der Waals surface area (Å²) in [4.78, 5) is 20.1. The van der Waals surface area contributed by atoms with Crippen LogP contribution in [0.15, 0.2) is 48.8 Å². The molecule has 0 unspecified atom stereocenters. The molecule has 0 fully saturated rings. The SMILES string of the molecule is CC[C@](N)(Cc1ccc(Nc2nc(C)cc3ccncc23)cc1)C(=O)O. The fourth-order valence-electron chi connectivity index (χ4n) is 2.88. The van der Waals surface area contributed by atoms with E-state index < -0.39 is 11.5 Å². The van der Waals surface area contributed by atoms with Crippen molar-refractivity contribution in [1.29, 1.82) is 0 Å². The Bertz CT molecular complexity index is 940. The van der Waals surface area contributed by atoms with E-state index >= 15 is 0 Å². The highest BCUT2D eigenvalue weighted by Crippen LogP contribution is 2.25. The van der Waals surface area contributed by atoms with Crippen LogP contribution in [0.4, 0.5) is 11.5 Å². The maximum Gasteiger partial charge on any atom is 0.324 e. The second-order valence-electron chi connectivity index (χ2n) is 6.52. The molecule has 4 N–H and O–H groups in total. The molecule has 2 heterocycles. The number of benzene rings is 1. The third-order valence-corrected chi connectivity index (χ3v) is 4.56. The Labute approximate surface area is 152 Å². The molecule has 6 nitrogen and oxygen atoms in total. The number of fused-ring (bicyclic) bond motifs is 1. The van der Waals surface area contributed by atoms with Gasteiger partial charge in [-0.25, -0.2) is 4.98 Å². The van der Waals surface area contributed by atoms with Crippen LogP contribution in [-0.2, 0) is 11.2 Å². The van der Waals surface area contributed by atoms with Crippen molar-refractivity contribution in [3.63, 3.8) is 0 Å². The fourth-order valence-corrected chi connectivity index (χ4v) is 2.88. The van der Waals surface area contributed by atoms with Gasteiger partial charge in [0.25, 0.3) is 0 Å². The summed E-state index contributed by atoms with van der Waals surface area (Å²) in [5.74, 6) is -0.238. The Hall–Kier alpha value is -2.99. The van der Waals surface area contributed by atoms with Gasteiger partial charge in [0.05, 0.1) is 0 Å². The topological polar surface area (TPSA) is 101 Å². The molecule has 0 aliphatic rings. The summed E-state index contributed by atoms with van der Waals surface area (Å²) < 4.78 is 0. The average molecular weight is 350 g/mol. The zero-order chi connectivity index (χ0) is 18.7. The zero-order valence-electron chi connectivity index (χ0n) is 14.9. The summed E-state index contributed by atoms with van der Waals surface area (Å²) in [5, 5.41) is 14.7. The quantitative estimate of drug-likeness (QED) is 0.630. The summed E-state index contributed by atoms with van der Waals surface area (Å²) in [6.45, 7) is 3.73. The van der Waals surface area contributed by atoms with Gasteiger partial charge < -0.3 is 16.2 Å². The number of aromatic nitrogens is 2. The summed E-state index contributed by atoms with van der Waals surface area (Å²) in [6, 6.07) is 11.6. The van der Waals surface area contributed by atoms with Gasteiger partial charge in [-0.05, 0) is 48.6 Å². The number of carboxylic acid groups (broad SMARTS) is 1. The van der Waals surface area contributed by atoms with Gasteiger partial charge in [0, 0.05) is 35.6 Å². The number of anilines is 2. The van der Waals surface area contributed by atoms with Crippen LogP contribution in [0.25, 0.3) is 10.8 Å². The lowest BCUT2D eigenvalue weighted by molar-refractivity contribution is -0.143. The minimum atomic E-state index is -1.24. The van der Waals surface area contributed by atoms with Crippen molar-refractivity contribution in [2.75, 3.05) is 5.32 Å². The highest BCUT2D eigenvalue weighted by atomic mass is 16.4. The van der Waals surface area contributed by atoms with Crippen LogP contribution in [0, 0.1) is 6.92 Å². The van der Waals surface area contributed by atoms with Gasteiger partial charge in [0.1, 0.15) is 11.4 Å². The molecule has 0 saturated heterocycles. The van der Waals surface area contributed by atoms with Gasteiger partial charge in [-0.15, -0.1) is 0 Å². The highest BCUT2D eigenvalue weighted by Gasteiger charge is 2.31. The van der Waals surface area contributed by atoms with Crippen LogP contribution in [0.2, 0.25) is 0 Å². The number of aliphatic carboxylic acids is 1. The van der Waals surface area contributed by atoms with Crippen molar-refractivity contribution < 1.29 is 9.90 Å². The zero-order valence-corrected chi connectivity index (χ0v) is 14.9. The van der Waals surface area contributed by atoms with Gasteiger partial charge in [-0.3, -0.25) is 9.78 Å². The van der Waals surface area contributed by atoms with E-state index in [0.29, 0.717) is 6.42 Å². The van der Waals surface area contributed by atoms with Gasteiger partial charge in [0.15, 0.2) is 0 Å². The number of hydrogen-bond donors (Lipinski definition) is 3. The number of nitrogens with two attached hydrogens (primary N) is 1. The molecule has 3 rings (SSSR count). The fraction of sp³-hybridized carbons (Fsp3) is 0.250. The highest BCUT2D eigenvalue weighted by molar-refractivity contribution is 5.92. The molecule has 0 amide bonds. The first kappa shape index (κ1) is 17.8. The predicted octanol–water partition coefficient (Wildman–Crippen LogP) is 3.42. The first-order valence-corrected chi connectivity index (χ1v) is 8.51. The molecule has 0 saturated carbocycles. The molecular formula is C20H22N4O2. The Balaban J connectivity index is 1.83. The van der Waals surface area contributed by atoms with Gasteiger partial charge in [0.2, 0.25) is 0 Å². The number of hydrogen-bond acceptors (Lipinski definition) is 5. The van der Waals surface area contributed by atoms with E-state index in [4.69, 9.17) is 5.73 Å². The smallest absolute Gasteiger partial charge is 0.324 e. The molecule has 26 heavy (non-hydrogen) atoms. The predicted molar refractivity (Wildman–Crippen MR) is 103 cm³/mol. The Kier molecular flexibility index (Phi) is 4.86. The number of aryl methyl sites for hydroxylation is 1. The molecule has 0 aliphatic carbocycles. The Morgan fingerprint density at radius 2 is 2.00 bits per heavy atom. The van der Waals surface area contributed by atoms with Crippen molar-refractivity contribution in [2.45, 2.75) is 32.2 Å². The molecule has 1 atom stereocenters. The lowest BCUT2D eigenvalue weighted by atomic mass is 9.89. The summed E-state index contributed by atoms with van der Waals surface area (Å²) in [5.41, 5.74) is 7.40. The largest absolute Gasteiger partial charge is 0.480 e. The molecule has 0 bridgehead atoms. The standard InChI is InChI=1S/C20H22N4O2/c1-3-20(21,19(25)26)11-14-4-6-16(7-5-14)24-18-17-12-22-9-8-15(17)10-13(2)23-18/h4-10,12H,3,11,21H2,1-2H3,(H,23,24)(H,25,26)/t20-/m0/s1. The van der Waals surface area contributed by atoms with Crippen molar-refractivity contribution >= 4 is 28.2 Å². The van der Waals surface area contributed by atoms with Crippen LogP contribution in [0.5, 0.6) is 0 Å². The van der Waals surface area contributed by atoms with Crippen molar-refractivity contribution in [2.24, 2.45) is 5.73 Å². The van der Waals surface area contributed by atoms with E-state index in [1.165, 1.54) is 0 Å². The van der Waals surface area contributed by atoms with Crippen LogP contribution < -0.4 is 11.1 Å². The van der Waals surface area contributed by atoms with E-state index in [1.807, 2.05) is 43.3 Å². The monoisotopic (exact) mass is 350 g/mol. The lowest BCUT2D eigenvalue weighted by Gasteiger charge is -2.23. The first-order chi connectivity index (χ1) is 12.4. The molecule has 6 heteroatoms. The second-order valence-corrected chi connectivity index (χ2v) is 6.52. The molecule has 134 valence electrons. The molecule has 0 aliphatic heterocycles. The number of rotatable bonds is 6. The van der Waals surface area contributed by atoms with Gasteiger partial charge in [-0.2, -0.15) is 0 Å². The minimum Gasteiger partial charge on any atom is -0.480 e. The third-order valence-electron chi connectivity index (χ3n) is 4.56. The first-order valence-electron chi connectivity index (χ1n) is 8.51. The second kappa shape index (κ2) is 7.09. The Morgan fingerprint density at radius 1 is 1.27 bits per heavy atom. The maximum atomic E-state index is 11.4. The van der Waals surface area contributed by atoms with Crippen molar-refractivity contribution in [3.05, 3.63) is 60.0 Å². The van der Waals surface area contributed by atoms with E-state index in [1.54, 1.807) is 19.3 Å². The molecular weight excluding hydrogens is 328 g/mol. The maximum absolute atomic E-state index is 11.4. The van der Waals surface area contributed by atoms with E-state index in [0.717, 1.165) is 33.5 Å². The summed E-state index contributed by atoms with van der Waals surface area (Å²) >= 11 is 0. The van der Waals surface area contributed by atoms with Crippen LogP contribution >= 0.6 is 0 Å². The number of carboxylic acids is 1. The minimum absolute atomic E-state index is 0.286. The molecule has 2 aromatic heterocycles. The number of pyridine rings is 2. The van der Waals surface area contributed by atoms with Crippen LogP contribution in [-0.4, -0.2) is 26.6 Å². The summed E-state index contributed by atoms with van der Waals surface area (Å²) in [7, 11) is 0. The van der Waals surface area contributed by atoms with Crippen LogP contribution in [0.1, 0.15) is 24.6 Å². The van der Waals surface area contributed by atoms with Gasteiger partial charge in [-0.1, -0.05) is 19.1 Å². The normalized spacial score (nSPS) is 13.3. The average Bonchev–Trinajstić information content (AvgIpc) is 2.63. The number of nitrogens with one attached hydrogen (secondary N) is 1. The van der Waals surface area contributed by atoms with Gasteiger partial charge >= 0.3 is 5.97 Å². The molecule has 0 radical (unpaired) electrons. The molecule has 0 spiro atoms. The number of nitrogens with zero attached hydrogens (tertiary/aromatic N) is 2. The van der Waals surface area contributed by atoms with E-state index in [2.05, 4.69) is 15.3 Å². The third kappa shape index (κ3) is 3.65.